The average Bonchev–Trinajstić information content (AvgIpc) is 3.64. The Kier molecular flexibility index (Phi) is 7.88. The summed E-state index contributed by atoms with van der Waals surface area (Å²) in [5, 5.41) is 4.05. The van der Waals surface area contributed by atoms with E-state index in [4.69, 9.17) is 15.5 Å². The third kappa shape index (κ3) is 5.64. The molecule has 212 valence electrons. The molecule has 2 aromatic heterocycles. The van der Waals surface area contributed by atoms with Crippen LogP contribution in [-0.4, -0.2) is 59.9 Å². The minimum absolute atomic E-state index is 0.00284. The molecule has 4 atom stereocenters. The minimum Gasteiger partial charge on any atom is -0.383 e. The molecule has 40 heavy (non-hydrogen) atoms. The van der Waals surface area contributed by atoms with Gasteiger partial charge in [-0.3, -0.25) is 9.59 Å². The van der Waals surface area contributed by atoms with Gasteiger partial charge in [0.25, 0.3) is 5.91 Å². The highest BCUT2D eigenvalue weighted by atomic mass is 32.1. The number of piperidine rings is 1. The molecular weight excluding hydrogens is 522 g/mol. The number of fused-ring (bicyclic) bond motifs is 1. The molecule has 6 rings (SSSR count). The van der Waals surface area contributed by atoms with Crippen molar-refractivity contribution >= 4 is 44.7 Å². The Morgan fingerprint density at radius 3 is 2.70 bits per heavy atom. The standard InChI is InChI=1S/C31H39N5O3S/c1-18-3-5-23(20-4-6-27-26(14-20)35-31(40-27)19-7-10-36(2)11-8-19)25(13-18)28(37)30(38)34-22-15-24(29(32)33-16-22)21-9-12-39-17-21/h4,6,14-16,18-19,21,23,25H,3,5,7-13,17H2,1-2H3,(H2,32,33)(H,34,38)/t18-,21+,23+,25?/m0/s1. The molecule has 0 bridgehead atoms. The van der Waals surface area contributed by atoms with Crippen LogP contribution < -0.4 is 11.1 Å². The van der Waals surface area contributed by atoms with Crippen molar-refractivity contribution in [2.75, 3.05) is 44.4 Å². The maximum atomic E-state index is 13.6. The Morgan fingerprint density at radius 1 is 1.10 bits per heavy atom. The molecule has 0 radical (unpaired) electrons. The zero-order valence-electron chi connectivity index (χ0n) is 23.4. The van der Waals surface area contributed by atoms with Crippen LogP contribution in [0.25, 0.3) is 10.2 Å². The number of thiazole rings is 1. The number of pyridine rings is 1. The van der Waals surface area contributed by atoms with Gasteiger partial charge in [-0.15, -0.1) is 11.3 Å². The van der Waals surface area contributed by atoms with Gasteiger partial charge < -0.3 is 20.7 Å². The van der Waals surface area contributed by atoms with Crippen molar-refractivity contribution in [3.8, 4) is 0 Å². The summed E-state index contributed by atoms with van der Waals surface area (Å²) in [6.07, 6.45) is 7.32. The fourth-order valence-electron chi connectivity index (χ4n) is 6.72. The third-order valence-electron chi connectivity index (χ3n) is 9.17. The zero-order chi connectivity index (χ0) is 27.8. The van der Waals surface area contributed by atoms with Crippen LogP contribution in [0.15, 0.2) is 30.5 Å². The molecule has 8 nitrogen and oxygen atoms in total. The van der Waals surface area contributed by atoms with Gasteiger partial charge in [0.1, 0.15) is 5.82 Å². The van der Waals surface area contributed by atoms with E-state index in [9.17, 15) is 9.59 Å². The Bertz CT molecular complexity index is 1390. The number of nitrogen functional groups attached to an aromatic ring is 1. The number of benzene rings is 1. The lowest BCUT2D eigenvalue weighted by Gasteiger charge is -2.34. The van der Waals surface area contributed by atoms with E-state index in [-0.39, 0.29) is 23.5 Å². The molecule has 1 amide bonds. The fourth-order valence-corrected chi connectivity index (χ4v) is 7.84. The van der Waals surface area contributed by atoms with Gasteiger partial charge in [0, 0.05) is 29.9 Å². The summed E-state index contributed by atoms with van der Waals surface area (Å²) in [7, 11) is 2.18. The molecule has 3 fully saturated rings. The van der Waals surface area contributed by atoms with Crippen molar-refractivity contribution in [3.05, 3.63) is 46.6 Å². The van der Waals surface area contributed by atoms with E-state index in [0.29, 0.717) is 43.0 Å². The molecule has 4 heterocycles. The van der Waals surface area contributed by atoms with Crippen molar-refractivity contribution in [3.63, 3.8) is 0 Å². The number of amides is 1. The lowest BCUT2D eigenvalue weighted by Crippen LogP contribution is -2.36. The van der Waals surface area contributed by atoms with Crippen molar-refractivity contribution in [1.29, 1.82) is 0 Å². The molecule has 3 aliphatic rings. The monoisotopic (exact) mass is 561 g/mol. The highest BCUT2D eigenvalue weighted by molar-refractivity contribution is 7.18. The third-order valence-corrected chi connectivity index (χ3v) is 10.4. The van der Waals surface area contributed by atoms with Gasteiger partial charge in [-0.25, -0.2) is 9.97 Å². The number of ether oxygens (including phenoxy) is 1. The number of Topliss-reactive ketones (excluding diaryl/α,β-unsaturated/α-hetero) is 1. The van der Waals surface area contributed by atoms with Crippen LogP contribution >= 0.6 is 11.3 Å². The van der Waals surface area contributed by atoms with Crippen LogP contribution in [0.3, 0.4) is 0 Å². The summed E-state index contributed by atoms with van der Waals surface area (Å²) in [5.41, 5.74) is 9.61. The number of hydrogen-bond acceptors (Lipinski definition) is 8. The first-order chi connectivity index (χ1) is 19.4. The van der Waals surface area contributed by atoms with Gasteiger partial charge in [0.2, 0.25) is 5.78 Å². The molecule has 2 aliphatic heterocycles. The fraction of sp³-hybridized carbons (Fsp3) is 0.548. The molecule has 0 spiro atoms. The van der Waals surface area contributed by atoms with Crippen LogP contribution in [0.5, 0.6) is 0 Å². The molecule has 3 N–H and O–H groups in total. The number of aromatic nitrogens is 2. The topological polar surface area (TPSA) is 110 Å². The summed E-state index contributed by atoms with van der Waals surface area (Å²) in [6, 6.07) is 8.32. The minimum atomic E-state index is -0.580. The lowest BCUT2D eigenvalue weighted by atomic mass is 9.70. The van der Waals surface area contributed by atoms with E-state index in [0.717, 1.165) is 61.8 Å². The van der Waals surface area contributed by atoms with E-state index in [1.807, 2.05) is 6.07 Å². The van der Waals surface area contributed by atoms with Gasteiger partial charge in [-0.05, 0) is 87.8 Å². The van der Waals surface area contributed by atoms with Gasteiger partial charge in [0.15, 0.2) is 0 Å². The number of nitrogens with two attached hydrogens (primary N) is 1. The highest BCUT2D eigenvalue weighted by Crippen LogP contribution is 2.43. The molecule has 3 aromatic rings. The number of rotatable bonds is 6. The van der Waals surface area contributed by atoms with Crippen LogP contribution in [0.1, 0.15) is 79.3 Å². The van der Waals surface area contributed by atoms with Gasteiger partial charge in [0.05, 0.1) is 33.7 Å². The van der Waals surface area contributed by atoms with Crippen molar-refractivity contribution < 1.29 is 14.3 Å². The number of nitrogens with one attached hydrogen (secondary N) is 1. The first-order valence-corrected chi connectivity index (χ1v) is 15.4. The maximum Gasteiger partial charge on any atom is 0.292 e. The Hall–Kier alpha value is -2.88. The first kappa shape index (κ1) is 27.3. The van der Waals surface area contributed by atoms with Crippen LogP contribution in [-0.2, 0) is 14.3 Å². The Morgan fingerprint density at radius 2 is 1.93 bits per heavy atom. The second-order valence-electron chi connectivity index (χ2n) is 12.1. The van der Waals surface area contributed by atoms with Crippen molar-refractivity contribution in [1.82, 2.24) is 14.9 Å². The van der Waals surface area contributed by atoms with Crippen LogP contribution in [0.4, 0.5) is 11.5 Å². The van der Waals surface area contributed by atoms with Gasteiger partial charge in [-0.1, -0.05) is 19.4 Å². The number of carbonyl (C=O) groups excluding carboxylic acids is 2. The van der Waals surface area contributed by atoms with E-state index in [1.165, 1.54) is 15.9 Å². The van der Waals surface area contributed by atoms with Crippen LogP contribution in [0, 0.1) is 11.8 Å². The Labute approximate surface area is 239 Å². The normalized spacial score (nSPS) is 26.2. The smallest absolute Gasteiger partial charge is 0.292 e. The predicted octanol–water partition coefficient (Wildman–Crippen LogP) is 5.31. The number of likely N-dealkylation sites (tertiary alicyclic amines) is 1. The van der Waals surface area contributed by atoms with E-state index in [2.05, 4.69) is 47.4 Å². The van der Waals surface area contributed by atoms with Crippen molar-refractivity contribution in [2.24, 2.45) is 11.8 Å². The molecule has 2 saturated heterocycles. The van der Waals surface area contributed by atoms with Crippen molar-refractivity contribution in [2.45, 2.75) is 63.2 Å². The molecule has 1 aliphatic carbocycles. The SMILES string of the molecule is C[C@H]1CC[C@H](c2ccc3sc(C4CCN(C)CC4)nc3c2)C(C(=O)C(=O)Nc2cnc(N)c([C@@H]3CCOC3)c2)C1. The van der Waals surface area contributed by atoms with Crippen LogP contribution in [0.2, 0.25) is 0 Å². The van der Waals surface area contributed by atoms with Gasteiger partial charge in [-0.2, -0.15) is 0 Å². The number of hydrogen-bond donors (Lipinski definition) is 2. The second-order valence-corrected chi connectivity index (χ2v) is 13.1. The summed E-state index contributed by atoms with van der Waals surface area (Å²) in [5.74, 6) is 0.217. The second kappa shape index (κ2) is 11.5. The highest BCUT2D eigenvalue weighted by Gasteiger charge is 2.38. The summed E-state index contributed by atoms with van der Waals surface area (Å²) in [6.45, 7) is 5.67. The summed E-state index contributed by atoms with van der Waals surface area (Å²) in [4.78, 5) is 38.6. The summed E-state index contributed by atoms with van der Waals surface area (Å²) < 4.78 is 6.70. The number of anilines is 2. The average molecular weight is 562 g/mol. The van der Waals surface area contributed by atoms with E-state index >= 15 is 0 Å². The largest absolute Gasteiger partial charge is 0.383 e. The number of ketones is 1. The Balaban J connectivity index is 1.20. The van der Waals surface area contributed by atoms with E-state index < -0.39 is 5.91 Å². The van der Waals surface area contributed by atoms with E-state index in [1.54, 1.807) is 11.3 Å². The predicted molar refractivity (Wildman–Crippen MR) is 159 cm³/mol. The molecule has 1 aromatic carbocycles. The van der Waals surface area contributed by atoms with Gasteiger partial charge >= 0.3 is 0 Å². The quantitative estimate of drug-likeness (QED) is 0.392. The number of carbonyl (C=O) groups is 2. The lowest BCUT2D eigenvalue weighted by molar-refractivity contribution is -0.138. The summed E-state index contributed by atoms with van der Waals surface area (Å²) >= 11 is 1.80. The first-order valence-electron chi connectivity index (χ1n) is 14.6. The zero-order valence-corrected chi connectivity index (χ0v) is 24.2. The number of nitrogens with zero attached hydrogens (tertiary/aromatic N) is 3. The molecule has 9 heteroatoms. The molecule has 1 unspecified atom stereocenters. The maximum absolute atomic E-state index is 13.6. The molecule has 1 saturated carbocycles. The molecular formula is C31H39N5O3S.